The van der Waals surface area contributed by atoms with Gasteiger partial charge in [0, 0.05) is 56.6 Å². The number of hydrogen-bond donors (Lipinski definition) is 1. The smallest absolute Gasteiger partial charge is 0.251 e. The number of methoxy groups -OCH3 is 1. The van der Waals surface area contributed by atoms with Crippen LogP contribution in [-0.4, -0.2) is 18.9 Å². The van der Waals surface area contributed by atoms with Gasteiger partial charge >= 0.3 is 0 Å². The van der Waals surface area contributed by atoms with Crippen LogP contribution in [-0.2, 0) is 23.3 Å². The van der Waals surface area contributed by atoms with E-state index in [-0.39, 0.29) is 22.6 Å². The second kappa shape index (κ2) is 9.92. The third-order valence-corrected chi connectivity index (χ3v) is 7.08. The van der Waals surface area contributed by atoms with Crippen molar-refractivity contribution in [1.29, 1.82) is 0 Å². The first kappa shape index (κ1) is 26.8. The molecule has 0 unspecified atom stereocenters. The van der Waals surface area contributed by atoms with E-state index in [1.165, 1.54) is 24.1 Å². The number of benzene rings is 3. The van der Waals surface area contributed by atoms with E-state index in [0.29, 0.717) is 21.3 Å². The summed E-state index contributed by atoms with van der Waals surface area (Å²) in [6, 6.07) is 5.91. The molecule has 0 aliphatic carbocycles. The van der Waals surface area contributed by atoms with Crippen molar-refractivity contribution in [2.24, 2.45) is 0 Å². The number of hydrogen-bond acceptors (Lipinski definition) is 3. The Kier molecular flexibility index (Phi) is 7.19. The van der Waals surface area contributed by atoms with E-state index in [2.05, 4.69) is 5.32 Å². The number of nitrogens with zero attached hydrogens (tertiary/aromatic N) is 1. The average molecular weight is 630 g/mol. The van der Waals surface area contributed by atoms with Crippen molar-refractivity contribution in [3.05, 3.63) is 91.3 Å². The molecule has 194 valence electrons. The minimum atomic E-state index is -1.15. The van der Waals surface area contributed by atoms with Gasteiger partial charge in [-0.3, -0.25) is 9.59 Å². The van der Waals surface area contributed by atoms with Crippen LogP contribution in [0, 0.1) is 32.7 Å². The second-order valence-electron chi connectivity index (χ2n) is 8.97. The molecule has 3 aromatic carbocycles. The van der Waals surface area contributed by atoms with Gasteiger partial charge in [0.2, 0.25) is 5.91 Å². The standard InChI is InChI=1S/C26H20F5IN2O3/c1-26(2)23-21(32)4-12(24(35)33-10-15-17(28)6-13(27)7-18(15)29)5-22(23)34(25(26)36)11-16-19(30)8-14(37-3)9-20(16)31/h4-9H,10-11H2,1-3H3,(H,33,35). The Balaban J connectivity index is 1.68. The first-order valence-corrected chi connectivity index (χ1v) is 12.0. The van der Waals surface area contributed by atoms with Crippen molar-refractivity contribution in [2.45, 2.75) is 32.4 Å². The van der Waals surface area contributed by atoms with Gasteiger partial charge in [-0.15, -0.1) is 0 Å². The maximum Gasteiger partial charge on any atom is 0.251 e. The molecular weight excluding hydrogens is 610 g/mol. The fourth-order valence-electron chi connectivity index (χ4n) is 4.28. The maximum atomic E-state index is 14.7. The summed E-state index contributed by atoms with van der Waals surface area (Å²) < 4.78 is 75.9. The lowest BCUT2D eigenvalue weighted by Crippen LogP contribution is -2.36. The molecule has 5 nitrogen and oxygen atoms in total. The molecule has 1 N–H and O–H groups in total. The van der Waals surface area contributed by atoms with E-state index >= 15 is 0 Å². The van der Waals surface area contributed by atoms with E-state index in [1.807, 2.05) is 22.6 Å². The van der Waals surface area contributed by atoms with Crippen LogP contribution in [0.4, 0.5) is 27.6 Å². The van der Waals surface area contributed by atoms with Crippen molar-refractivity contribution in [2.75, 3.05) is 12.0 Å². The minimum absolute atomic E-state index is 0.0187. The molecule has 0 saturated heterocycles. The summed E-state index contributed by atoms with van der Waals surface area (Å²) in [4.78, 5) is 27.4. The number of amides is 2. The second-order valence-corrected chi connectivity index (χ2v) is 10.1. The maximum absolute atomic E-state index is 14.7. The molecule has 2 amide bonds. The number of carbonyl (C=O) groups is 2. The lowest BCUT2D eigenvalue weighted by molar-refractivity contribution is -0.122. The van der Waals surface area contributed by atoms with Crippen molar-refractivity contribution in [1.82, 2.24) is 5.32 Å². The quantitative estimate of drug-likeness (QED) is 0.279. The van der Waals surface area contributed by atoms with E-state index in [4.69, 9.17) is 4.74 Å². The molecule has 0 spiro atoms. The molecule has 0 fully saturated rings. The molecular formula is C26H20F5IN2O3. The van der Waals surface area contributed by atoms with Gasteiger partial charge < -0.3 is 15.0 Å². The van der Waals surface area contributed by atoms with Gasteiger partial charge in [0.25, 0.3) is 5.91 Å². The van der Waals surface area contributed by atoms with Crippen LogP contribution in [0.25, 0.3) is 0 Å². The monoisotopic (exact) mass is 630 g/mol. The van der Waals surface area contributed by atoms with Crippen molar-refractivity contribution >= 4 is 40.1 Å². The van der Waals surface area contributed by atoms with Gasteiger partial charge in [0.15, 0.2) is 0 Å². The summed E-state index contributed by atoms with van der Waals surface area (Å²) in [7, 11) is 1.27. The average Bonchev–Trinajstić information content (AvgIpc) is 3.00. The van der Waals surface area contributed by atoms with Crippen molar-refractivity contribution in [3.8, 4) is 5.75 Å². The largest absolute Gasteiger partial charge is 0.497 e. The van der Waals surface area contributed by atoms with Crippen molar-refractivity contribution in [3.63, 3.8) is 0 Å². The third-order valence-electron chi connectivity index (χ3n) is 6.23. The zero-order valence-electron chi connectivity index (χ0n) is 19.8. The fourth-order valence-corrected chi connectivity index (χ4v) is 5.57. The van der Waals surface area contributed by atoms with Crippen LogP contribution in [0.15, 0.2) is 36.4 Å². The summed E-state index contributed by atoms with van der Waals surface area (Å²) in [6.07, 6.45) is 0. The molecule has 1 aliphatic rings. The molecule has 1 heterocycles. The number of anilines is 1. The molecule has 1 aliphatic heterocycles. The Morgan fingerprint density at radius 3 is 2.08 bits per heavy atom. The Morgan fingerprint density at radius 2 is 1.51 bits per heavy atom. The topological polar surface area (TPSA) is 58.6 Å². The Bertz CT molecular complexity index is 1400. The van der Waals surface area contributed by atoms with Crippen LogP contribution in [0.1, 0.15) is 40.9 Å². The van der Waals surface area contributed by atoms with Crippen LogP contribution < -0.4 is 15.0 Å². The van der Waals surface area contributed by atoms with Gasteiger partial charge in [0.1, 0.15) is 34.8 Å². The molecule has 4 rings (SSSR count). The zero-order chi connectivity index (χ0) is 27.2. The van der Waals surface area contributed by atoms with Crippen LogP contribution in [0.5, 0.6) is 5.75 Å². The molecule has 0 atom stereocenters. The van der Waals surface area contributed by atoms with Gasteiger partial charge in [-0.25, -0.2) is 22.0 Å². The van der Waals surface area contributed by atoms with Crippen LogP contribution in [0.3, 0.4) is 0 Å². The number of fused-ring (bicyclic) bond motifs is 1. The van der Waals surface area contributed by atoms with Crippen LogP contribution >= 0.6 is 22.6 Å². The third kappa shape index (κ3) is 4.88. The number of ether oxygens (including phenoxy) is 1. The first-order chi connectivity index (χ1) is 17.3. The lowest BCUT2D eigenvalue weighted by Gasteiger charge is -2.21. The lowest BCUT2D eigenvalue weighted by atomic mass is 9.86. The highest BCUT2D eigenvalue weighted by molar-refractivity contribution is 14.1. The Labute approximate surface area is 222 Å². The van der Waals surface area contributed by atoms with Gasteiger partial charge in [-0.1, -0.05) is 0 Å². The molecule has 37 heavy (non-hydrogen) atoms. The number of nitrogens with one attached hydrogen (secondary N) is 1. The van der Waals surface area contributed by atoms with E-state index in [9.17, 15) is 31.5 Å². The number of halogens is 6. The number of carbonyl (C=O) groups excluding carboxylic acids is 2. The highest BCUT2D eigenvalue weighted by Crippen LogP contribution is 2.45. The fraction of sp³-hybridized carbons (Fsp3) is 0.231. The summed E-state index contributed by atoms with van der Waals surface area (Å²) in [5, 5.41) is 2.38. The van der Waals surface area contributed by atoms with Gasteiger partial charge in [-0.05, 0) is 48.6 Å². The van der Waals surface area contributed by atoms with Crippen molar-refractivity contribution < 1.29 is 36.3 Å². The van der Waals surface area contributed by atoms with Gasteiger partial charge in [0.05, 0.1) is 24.8 Å². The molecule has 0 radical (unpaired) electrons. The molecule has 3 aromatic rings. The normalized spacial score (nSPS) is 14.1. The zero-order valence-corrected chi connectivity index (χ0v) is 22.0. The predicted molar refractivity (Wildman–Crippen MR) is 134 cm³/mol. The minimum Gasteiger partial charge on any atom is -0.497 e. The van der Waals surface area contributed by atoms with Crippen LogP contribution in [0.2, 0.25) is 0 Å². The highest BCUT2D eigenvalue weighted by atomic mass is 127. The first-order valence-electron chi connectivity index (χ1n) is 10.9. The SMILES string of the molecule is COc1cc(F)c(CN2C(=O)C(C)(C)c3c(I)cc(C(=O)NCc4c(F)cc(F)cc4F)cc32)c(F)c1. The summed E-state index contributed by atoms with van der Waals surface area (Å²) in [5.74, 6) is -6.35. The van der Waals surface area contributed by atoms with E-state index < -0.39 is 65.0 Å². The molecule has 11 heteroatoms. The molecule has 0 aromatic heterocycles. The Morgan fingerprint density at radius 1 is 0.946 bits per heavy atom. The van der Waals surface area contributed by atoms with Gasteiger partial charge in [-0.2, -0.15) is 0 Å². The molecule has 0 bridgehead atoms. The number of rotatable bonds is 6. The molecule has 0 saturated carbocycles. The summed E-state index contributed by atoms with van der Waals surface area (Å²) in [6.45, 7) is 2.33. The van der Waals surface area contributed by atoms with E-state index in [1.54, 1.807) is 13.8 Å². The highest BCUT2D eigenvalue weighted by Gasteiger charge is 2.46. The summed E-state index contributed by atoms with van der Waals surface area (Å²) in [5.41, 5.74) is -1.03. The predicted octanol–water partition coefficient (Wildman–Crippen LogP) is 5.75. The Hall–Kier alpha value is -3.22. The summed E-state index contributed by atoms with van der Waals surface area (Å²) >= 11 is 1.95. The van der Waals surface area contributed by atoms with E-state index in [0.717, 1.165) is 12.1 Å².